The van der Waals surface area contributed by atoms with Crippen LogP contribution in [0.25, 0.3) is 33.3 Å². The van der Waals surface area contributed by atoms with Crippen molar-refractivity contribution in [2.75, 3.05) is 0 Å². The molecule has 182 valence electrons. The minimum atomic E-state index is -0.656. The van der Waals surface area contributed by atoms with Gasteiger partial charge < -0.3 is 4.42 Å². The molecule has 4 heterocycles. The number of aryl methyl sites for hydroxylation is 1. The van der Waals surface area contributed by atoms with Gasteiger partial charge in [0.05, 0.1) is 28.8 Å². The number of carbonyl (C=O) groups excluding carboxylic acids is 2. The number of carbonyl (C=O) groups is 2. The van der Waals surface area contributed by atoms with E-state index in [2.05, 4.69) is 26.0 Å². The Kier molecular flexibility index (Phi) is 5.80. The first kappa shape index (κ1) is 23.0. The van der Waals surface area contributed by atoms with E-state index in [0.29, 0.717) is 39.8 Å². The van der Waals surface area contributed by atoms with Crippen molar-refractivity contribution in [1.82, 2.24) is 35.4 Å². The van der Waals surface area contributed by atoms with Crippen molar-refractivity contribution in [1.29, 1.82) is 0 Å². The van der Waals surface area contributed by atoms with Gasteiger partial charge in [-0.05, 0) is 45.0 Å². The summed E-state index contributed by atoms with van der Waals surface area (Å²) in [5.74, 6) is -0.736. The summed E-state index contributed by atoms with van der Waals surface area (Å²) in [6.45, 7) is 5.97. The third-order valence-electron chi connectivity index (χ3n) is 5.75. The van der Waals surface area contributed by atoms with Gasteiger partial charge in [-0.15, -0.1) is 0 Å². The first-order valence-corrected chi connectivity index (χ1v) is 11.4. The van der Waals surface area contributed by atoms with E-state index in [9.17, 15) is 14.4 Å². The topological polar surface area (TPSA) is 137 Å². The number of fused-ring (bicyclic) bond motifs is 2. The Morgan fingerprint density at radius 1 is 1.03 bits per heavy atom. The van der Waals surface area contributed by atoms with Crippen LogP contribution in [0.2, 0.25) is 0 Å². The van der Waals surface area contributed by atoms with Crippen LogP contribution in [0.3, 0.4) is 0 Å². The van der Waals surface area contributed by atoms with Gasteiger partial charge in [0.15, 0.2) is 17.1 Å². The summed E-state index contributed by atoms with van der Waals surface area (Å²) in [7, 11) is 0. The molecule has 11 nitrogen and oxygen atoms in total. The highest BCUT2D eigenvalue weighted by Crippen LogP contribution is 2.26. The molecule has 0 saturated heterocycles. The average Bonchev–Trinajstić information content (AvgIpc) is 3.57. The fraction of sp³-hybridized carbons (Fsp3) is 0.200. The van der Waals surface area contributed by atoms with Gasteiger partial charge in [0.25, 0.3) is 17.4 Å². The fourth-order valence-electron chi connectivity index (χ4n) is 3.99. The van der Waals surface area contributed by atoms with Crippen molar-refractivity contribution in [3.8, 4) is 11.5 Å². The molecule has 0 bridgehead atoms. The number of pyridine rings is 1. The monoisotopic (exact) mass is 485 g/mol. The molecule has 0 aliphatic rings. The van der Waals surface area contributed by atoms with Crippen molar-refractivity contribution in [2.45, 2.75) is 33.4 Å². The van der Waals surface area contributed by atoms with Crippen LogP contribution in [0.1, 0.15) is 47.7 Å². The fourth-order valence-corrected chi connectivity index (χ4v) is 3.99. The Bertz CT molecular complexity index is 1670. The predicted octanol–water partition coefficient (Wildman–Crippen LogP) is 3.08. The molecule has 36 heavy (non-hydrogen) atoms. The van der Waals surface area contributed by atoms with Gasteiger partial charge in [-0.1, -0.05) is 18.2 Å². The Balaban J connectivity index is 1.49. The summed E-state index contributed by atoms with van der Waals surface area (Å²) in [6, 6.07) is 11.8. The SMILES string of the molecule is CCn1nc(C(=O)NNC(=O)c2cc(-c3ccco3)nc3c2cnn3C(C)C)c2ccccc2c1=O. The predicted molar refractivity (Wildman–Crippen MR) is 132 cm³/mol. The molecule has 0 aliphatic carbocycles. The number of furan rings is 1. The lowest BCUT2D eigenvalue weighted by Crippen LogP contribution is -2.43. The van der Waals surface area contributed by atoms with Gasteiger partial charge >= 0.3 is 0 Å². The summed E-state index contributed by atoms with van der Waals surface area (Å²) in [6.07, 6.45) is 3.09. The van der Waals surface area contributed by atoms with Gasteiger partial charge in [0.2, 0.25) is 0 Å². The van der Waals surface area contributed by atoms with E-state index in [1.54, 1.807) is 60.3 Å². The number of hydrazine groups is 1. The maximum Gasteiger partial charge on any atom is 0.290 e. The van der Waals surface area contributed by atoms with Crippen molar-refractivity contribution in [2.24, 2.45) is 0 Å². The van der Waals surface area contributed by atoms with E-state index < -0.39 is 11.8 Å². The zero-order valence-corrected chi connectivity index (χ0v) is 19.8. The first-order chi connectivity index (χ1) is 17.4. The summed E-state index contributed by atoms with van der Waals surface area (Å²) < 4.78 is 8.40. The second kappa shape index (κ2) is 9.10. The molecule has 11 heteroatoms. The van der Waals surface area contributed by atoms with Crippen molar-refractivity contribution in [3.63, 3.8) is 0 Å². The average molecular weight is 486 g/mol. The standard InChI is InChI=1S/C25H23N7O4/c1-4-31-25(35)16-9-6-5-8-15(16)21(30-31)24(34)29-28-23(33)17-12-19(20-10-7-11-36-20)27-22-18(17)13-26-32(22)14(2)3/h5-14H,4H2,1-3H3,(H,28,33)(H,29,34). The third-order valence-corrected chi connectivity index (χ3v) is 5.75. The molecule has 0 saturated carbocycles. The number of amides is 2. The minimum absolute atomic E-state index is 0.00562. The Morgan fingerprint density at radius 3 is 2.47 bits per heavy atom. The van der Waals surface area contributed by atoms with Crippen LogP contribution in [0, 0.1) is 0 Å². The maximum atomic E-state index is 13.2. The van der Waals surface area contributed by atoms with Gasteiger partial charge in [-0.3, -0.25) is 25.2 Å². The number of rotatable bonds is 5. The van der Waals surface area contributed by atoms with Crippen LogP contribution >= 0.6 is 0 Å². The normalized spacial score (nSPS) is 11.3. The van der Waals surface area contributed by atoms with E-state index in [1.807, 2.05) is 13.8 Å². The molecule has 5 rings (SSSR count). The lowest BCUT2D eigenvalue weighted by Gasteiger charge is -2.12. The molecule has 5 aromatic rings. The lowest BCUT2D eigenvalue weighted by atomic mass is 10.1. The number of nitrogens with zero attached hydrogens (tertiary/aromatic N) is 5. The van der Waals surface area contributed by atoms with Crippen LogP contribution < -0.4 is 16.4 Å². The van der Waals surface area contributed by atoms with E-state index in [1.165, 1.54) is 10.9 Å². The number of hydrogen-bond donors (Lipinski definition) is 2. The van der Waals surface area contributed by atoms with Crippen LogP contribution in [0.4, 0.5) is 0 Å². The molecule has 0 spiro atoms. The summed E-state index contributed by atoms with van der Waals surface area (Å²) in [4.78, 5) is 43.5. The smallest absolute Gasteiger partial charge is 0.290 e. The number of benzene rings is 1. The van der Waals surface area contributed by atoms with Crippen LogP contribution in [0.5, 0.6) is 0 Å². The molecule has 0 atom stereocenters. The van der Waals surface area contributed by atoms with E-state index in [4.69, 9.17) is 4.42 Å². The number of hydrogen-bond acceptors (Lipinski definition) is 7. The van der Waals surface area contributed by atoms with E-state index >= 15 is 0 Å². The molecule has 4 aromatic heterocycles. The van der Waals surface area contributed by atoms with Crippen molar-refractivity contribution >= 4 is 33.6 Å². The Hall–Kier alpha value is -4.80. The molecule has 0 radical (unpaired) electrons. The second-order valence-electron chi connectivity index (χ2n) is 8.38. The summed E-state index contributed by atoms with van der Waals surface area (Å²) in [5, 5.41) is 9.85. The highest BCUT2D eigenvalue weighted by Gasteiger charge is 2.21. The minimum Gasteiger partial charge on any atom is -0.463 e. The summed E-state index contributed by atoms with van der Waals surface area (Å²) >= 11 is 0. The van der Waals surface area contributed by atoms with Crippen LogP contribution in [-0.4, -0.2) is 36.4 Å². The van der Waals surface area contributed by atoms with Crippen LogP contribution in [-0.2, 0) is 6.54 Å². The molecule has 1 aromatic carbocycles. The highest BCUT2D eigenvalue weighted by molar-refractivity contribution is 6.09. The van der Waals surface area contributed by atoms with Crippen molar-refractivity contribution < 1.29 is 14.0 Å². The van der Waals surface area contributed by atoms with Crippen molar-refractivity contribution in [3.05, 3.63) is 76.5 Å². The van der Waals surface area contributed by atoms with Gasteiger partial charge in [0.1, 0.15) is 5.69 Å². The maximum absolute atomic E-state index is 13.2. The third kappa shape index (κ3) is 3.90. The molecule has 2 amide bonds. The quantitative estimate of drug-likeness (QED) is 0.365. The second-order valence-corrected chi connectivity index (χ2v) is 8.38. The lowest BCUT2D eigenvalue weighted by molar-refractivity contribution is 0.0844. The highest BCUT2D eigenvalue weighted by atomic mass is 16.3. The van der Waals surface area contributed by atoms with Gasteiger partial charge in [-0.2, -0.15) is 10.2 Å². The molecular weight excluding hydrogens is 462 g/mol. The zero-order valence-electron chi connectivity index (χ0n) is 19.8. The molecule has 2 N–H and O–H groups in total. The van der Waals surface area contributed by atoms with E-state index in [0.717, 1.165) is 0 Å². The number of nitrogens with one attached hydrogen (secondary N) is 2. The molecule has 0 fully saturated rings. The van der Waals surface area contributed by atoms with E-state index in [-0.39, 0.29) is 22.9 Å². The van der Waals surface area contributed by atoms with Gasteiger partial charge in [0, 0.05) is 18.0 Å². The largest absolute Gasteiger partial charge is 0.463 e. The molecule has 0 aliphatic heterocycles. The molecule has 0 unspecified atom stereocenters. The van der Waals surface area contributed by atoms with Gasteiger partial charge in [-0.25, -0.2) is 14.3 Å². The Labute approximate surface area is 204 Å². The first-order valence-electron chi connectivity index (χ1n) is 11.4. The summed E-state index contributed by atoms with van der Waals surface area (Å²) in [5.41, 5.74) is 5.83. The zero-order chi connectivity index (χ0) is 25.4. The van der Waals surface area contributed by atoms with Crippen LogP contribution in [0.15, 0.2) is 64.1 Å². The number of aromatic nitrogens is 5. The molecular formula is C25H23N7O4. The Morgan fingerprint density at radius 2 is 1.78 bits per heavy atom.